The minimum absolute atomic E-state index is 0.114. The highest BCUT2D eigenvalue weighted by Gasteiger charge is 2.13. The van der Waals surface area contributed by atoms with Crippen molar-refractivity contribution in [2.24, 2.45) is 0 Å². The molecule has 0 bridgehead atoms. The minimum Gasteiger partial charge on any atom is -0.308 e. The number of rotatable bonds is 8. The van der Waals surface area contributed by atoms with Crippen LogP contribution in [0.25, 0.3) is 11.3 Å². The predicted molar refractivity (Wildman–Crippen MR) is 126 cm³/mol. The molecule has 1 amide bonds. The highest BCUT2D eigenvalue weighted by molar-refractivity contribution is 7.99. The summed E-state index contributed by atoms with van der Waals surface area (Å²) in [7, 11) is 0. The Labute approximate surface area is 199 Å². The molecule has 4 rings (SSSR count). The lowest BCUT2D eigenvalue weighted by Gasteiger charge is -2.06. The summed E-state index contributed by atoms with van der Waals surface area (Å²) in [5.74, 6) is -0.175. The lowest BCUT2D eigenvalue weighted by molar-refractivity contribution is -0.113. The van der Waals surface area contributed by atoms with Crippen LogP contribution in [0.3, 0.4) is 0 Å². The van der Waals surface area contributed by atoms with E-state index in [9.17, 15) is 9.18 Å². The largest absolute Gasteiger partial charge is 0.308 e. The van der Waals surface area contributed by atoms with Crippen molar-refractivity contribution in [3.05, 3.63) is 71.0 Å². The van der Waals surface area contributed by atoms with Crippen LogP contribution < -0.4 is 5.32 Å². The van der Waals surface area contributed by atoms with E-state index < -0.39 is 5.82 Å². The first kappa shape index (κ1) is 22.9. The van der Waals surface area contributed by atoms with E-state index in [2.05, 4.69) is 25.5 Å². The molecule has 0 radical (unpaired) electrons. The molecule has 0 aliphatic rings. The van der Waals surface area contributed by atoms with Gasteiger partial charge in [0.05, 0.1) is 23.7 Å². The molecule has 0 fully saturated rings. The van der Waals surface area contributed by atoms with E-state index in [4.69, 9.17) is 11.6 Å². The van der Waals surface area contributed by atoms with Crippen LogP contribution >= 0.6 is 23.4 Å². The molecule has 4 aromatic rings. The van der Waals surface area contributed by atoms with Crippen LogP contribution in [-0.4, -0.2) is 41.2 Å². The van der Waals surface area contributed by atoms with E-state index in [0.29, 0.717) is 21.6 Å². The highest BCUT2D eigenvalue weighted by atomic mass is 35.5. The van der Waals surface area contributed by atoms with Gasteiger partial charge in [-0.2, -0.15) is 10.2 Å². The maximum Gasteiger partial charge on any atom is 0.236 e. The Morgan fingerprint density at radius 1 is 1.21 bits per heavy atom. The van der Waals surface area contributed by atoms with Gasteiger partial charge in [-0.05, 0) is 32.0 Å². The van der Waals surface area contributed by atoms with Crippen molar-refractivity contribution in [2.75, 3.05) is 11.1 Å². The quantitative estimate of drug-likeness (QED) is 0.293. The van der Waals surface area contributed by atoms with Gasteiger partial charge in [0.1, 0.15) is 5.82 Å². The number of hydrogen-bond donors (Lipinski definition) is 1. The number of aryl methyl sites for hydroxylation is 2. The second kappa shape index (κ2) is 10.1. The number of hydrogen-bond acceptors (Lipinski definition) is 6. The molecule has 0 aliphatic heterocycles. The summed E-state index contributed by atoms with van der Waals surface area (Å²) in [5.41, 5.74) is 2.92. The molecule has 3 heterocycles. The van der Waals surface area contributed by atoms with Gasteiger partial charge in [-0.15, -0.1) is 0 Å². The number of nitrogens with one attached hydrogen (secondary N) is 1. The molecule has 0 aliphatic carbocycles. The Bertz CT molecular complexity index is 1270. The Morgan fingerprint density at radius 2 is 2.06 bits per heavy atom. The number of carbonyl (C=O) groups is 1. The summed E-state index contributed by atoms with van der Waals surface area (Å²) in [6.07, 6.45) is 5.27. The maximum absolute atomic E-state index is 14.0. The lowest BCUT2D eigenvalue weighted by Crippen LogP contribution is -2.15. The van der Waals surface area contributed by atoms with Crippen molar-refractivity contribution in [2.45, 2.75) is 32.1 Å². The molecule has 8 nitrogen and oxygen atoms in total. The van der Waals surface area contributed by atoms with E-state index in [0.717, 1.165) is 23.5 Å². The number of halogens is 2. The monoisotopic (exact) mass is 485 g/mol. The average Bonchev–Trinajstić information content (AvgIpc) is 3.41. The van der Waals surface area contributed by atoms with Gasteiger partial charge in [0.2, 0.25) is 5.91 Å². The Hall–Kier alpha value is -3.24. The van der Waals surface area contributed by atoms with Gasteiger partial charge < -0.3 is 5.32 Å². The fourth-order valence-corrected chi connectivity index (χ4v) is 4.02. The van der Waals surface area contributed by atoms with Gasteiger partial charge in [-0.1, -0.05) is 29.4 Å². The first-order valence-electron chi connectivity index (χ1n) is 10.2. The zero-order chi connectivity index (χ0) is 23.4. The van der Waals surface area contributed by atoms with Crippen LogP contribution in [0.1, 0.15) is 18.2 Å². The third-order valence-electron chi connectivity index (χ3n) is 4.80. The van der Waals surface area contributed by atoms with Gasteiger partial charge in [-0.25, -0.2) is 14.4 Å². The Kier molecular flexibility index (Phi) is 7.05. The van der Waals surface area contributed by atoms with Crippen LogP contribution in [0.4, 0.5) is 10.2 Å². The van der Waals surface area contributed by atoms with E-state index in [-0.39, 0.29) is 18.2 Å². The molecule has 0 atom stereocenters. The van der Waals surface area contributed by atoms with E-state index >= 15 is 0 Å². The molecule has 0 saturated carbocycles. The summed E-state index contributed by atoms with van der Waals surface area (Å²) in [6, 6.07) is 7.98. The zero-order valence-corrected chi connectivity index (χ0v) is 19.6. The normalized spacial score (nSPS) is 11.0. The smallest absolute Gasteiger partial charge is 0.236 e. The third kappa shape index (κ3) is 5.58. The molecule has 0 unspecified atom stereocenters. The molecule has 1 N–H and O–H groups in total. The number of nitrogens with zero attached hydrogens (tertiary/aromatic N) is 6. The fraction of sp³-hybridized carbons (Fsp3) is 0.227. The van der Waals surface area contributed by atoms with Crippen LogP contribution in [-0.2, 0) is 17.9 Å². The van der Waals surface area contributed by atoms with Crippen molar-refractivity contribution >= 4 is 35.1 Å². The molecule has 1 aromatic carbocycles. The molecule has 11 heteroatoms. The van der Waals surface area contributed by atoms with E-state index in [1.54, 1.807) is 30.6 Å². The van der Waals surface area contributed by atoms with Gasteiger partial charge >= 0.3 is 0 Å². The van der Waals surface area contributed by atoms with Crippen molar-refractivity contribution in [1.29, 1.82) is 0 Å². The van der Waals surface area contributed by atoms with Gasteiger partial charge in [0.15, 0.2) is 11.0 Å². The van der Waals surface area contributed by atoms with Crippen molar-refractivity contribution in [3.8, 4) is 11.3 Å². The van der Waals surface area contributed by atoms with Gasteiger partial charge in [0.25, 0.3) is 0 Å². The maximum atomic E-state index is 14.0. The van der Waals surface area contributed by atoms with Crippen LogP contribution in [0.5, 0.6) is 0 Å². The Morgan fingerprint density at radius 3 is 2.82 bits per heavy atom. The topological polar surface area (TPSA) is 90.5 Å². The molecular formula is C22H21ClFN7OS. The number of aromatic nitrogens is 6. The predicted octanol–water partition coefficient (Wildman–Crippen LogP) is 4.44. The first-order valence-corrected chi connectivity index (χ1v) is 11.6. The minimum atomic E-state index is -0.403. The molecule has 33 heavy (non-hydrogen) atoms. The van der Waals surface area contributed by atoms with Gasteiger partial charge in [-0.3, -0.25) is 14.2 Å². The molecule has 3 aromatic heterocycles. The molecule has 0 spiro atoms. The standard InChI is InChI=1S/C22H21ClFN7OS/c1-3-30-11-15(14(2)28-30)19-7-9-25-22(26-19)33-13-21(32)27-20-8-10-31(29-20)12-16-17(23)5-4-6-18(16)24/h4-11H,3,12-13H2,1-2H3,(H,27,29,32). The highest BCUT2D eigenvalue weighted by Crippen LogP contribution is 2.23. The van der Waals surface area contributed by atoms with Gasteiger partial charge in [0, 0.05) is 47.4 Å². The molecule has 170 valence electrons. The van der Waals surface area contributed by atoms with Crippen LogP contribution in [0, 0.1) is 12.7 Å². The lowest BCUT2D eigenvalue weighted by atomic mass is 10.2. The second-order valence-electron chi connectivity index (χ2n) is 7.14. The second-order valence-corrected chi connectivity index (χ2v) is 8.49. The number of carbonyl (C=O) groups excluding carboxylic acids is 1. The van der Waals surface area contributed by atoms with Crippen molar-refractivity contribution < 1.29 is 9.18 Å². The van der Waals surface area contributed by atoms with E-state index in [1.807, 2.05) is 30.8 Å². The summed E-state index contributed by atoms with van der Waals surface area (Å²) in [6.45, 7) is 4.89. The zero-order valence-electron chi connectivity index (χ0n) is 18.0. The average molecular weight is 486 g/mol. The fourth-order valence-electron chi connectivity index (χ4n) is 3.16. The number of thioether (sulfide) groups is 1. The summed E-state index contributed by atoms with van der Waals surface area (Å²) in [5, 5.41) is 12.3. The van der Waals surface area contributed by atoms with Crippen LogP contribution in [0.15, 0.2) is 54.1 Å². The van der Waals surface area contributed by atoms with Crippen LogP contribution in [0.2, 0.25) is 5.02 Å². The number of anilines is 1. The summed E-state index contributed by atoms with van der Waals surface area (Å²) >= 11 is 7.29. The SMILES string of the molecule is CCn1cc(-c2ccnc(SCC(=O)Nc3ccn(Cc4c(F)cccc4Cl)n3)n2)c(C)n1. The summed E-state index contributed by atoms with van der Waals surface area (Å²) < 4.78 is 17.3. The molecular weight excluding hydrogens is 465 g/mol. The number of benzene rings is 1. The van der Waals surface area contributed by atoms with Crippen molar-refractivity contribution in [1.82, 2.24) is 29.5 Å². The first-order chi connectivity index (χ1) is 15.9. The third-order valence-corrected chi connectivity index (χ3v) is 6.02. The Balaban J connectivity index is 1.35. The molecule has 0 saturated heterocycles. The number of amides is 1. The van der Waals surface area contributed by atoms with Crippen molar-refractivity contribution in [3.63, 3.8) is 0 Å². The summed E-state index contributed by atoms with van der Waals surface area (Å²) in [4.78, 5) is 21.2. The van der Waals surface area contributed by atoms with E-state index in [1.165, 1.54) is 22.5 Å².